The first kappa shape index (κ1) is 8.02. The van der Waals surface area contributed by atoms with Crippen molar-refractivity contribution in [3.63, 3.8) is 0 Å². The summed E-state index contributed by atoms with van der Waals surface area (Å²) >= 11 is 0. The predicted molar refractivity (Wildman–Crippen MR) is 41.6 cm³/mol. The second-order valence-corrected chi connectivity index (χ2v) is 3.61. The van der Waals surface area contributed by atoms with Crippen molar-refractivity contribution in [1.29, 1.82) is 0 Å². The number of hydrogen-bond acceptors (Lipinski definition) is 2. The lowest BCUT2D eigenvalue weighted by Crippen LogP contribution is -2.30. The summed E-state index contributed by atoms with van der Waals surface area (Å²) in [7, 11) is 0. The zero-order chi connectivity index (χ0) is 7.61. The molecular weight excluding hydrogens is 126 g/mol. The molecule has 1 saturated carbocycles. The smallest absolute Gasteiger partial charge is 0.0436 e. The Hall–Kier alpha value is -0.0800. The van der Waals surface area contributed by atoms with E-state index < -0.39 is 0 Å². The summed E-state index contributed by atoms with van der Waals surface area (Å²) in [4.78, 5) is 0. The minimum absolute atomic E-state index is 0.231. The van der Waals surface area contributed by atoms with Gasteiger partial charge < -0.3 is 10.8 Å². The monoisotopic (exact) mass is 143 g/mol. The van der Waals surface area contributed by atoms with Crippen LogP contribution in [0.1, 0.15) is 26.2 Å². The highest BCUT2D eigenvalue weighted by atomic mass is 16.3. The van der Waals surface area contributed by atoms with Crippen molar-refractivity contribution < 1.29 is 5.11 Å². The molecule has 0 aromatic rings. The summed E-state index contributed by atoms with van der Waals surface area (Å²) < 4.78 is 0. The average molecular weight is 143 g/mol. The van der Waals surface area contributed by atoms with Crippen molar-refractivity contribution in [3.8, 4) is 0 Å². The summed E-state index contributed by atoms with van der Waals surface area (Å²) in [5.74, 6) is 0.796. The highest BCUT2D eigenvalue weighted by Gasteiger charge is 2.39. The van der Waals surface area contributed by atoms with Crippen LogP contribution in [0.5, 0.6) is 0 Å². The summed E-state index contributed by atoms with van der Waals surface area (Å²) in [6, 6.07) is 0. The molecule has 3 N–H and O–H groups in total. The van der Waals surface area contributed by atoms with Crippen LogP contribution in [0.4, 0.5) is 0 Å². The fourth-order valence-electron chi connectivity index (χ4n) is 1.51. The van der Waals surface area contributed by atoms with Crippen LogP contribution in [0, 0.1) is 11.3 Å². The van der Waals surface area contributed by atoms with E-state index in [4.69, 9.17) is 10.8 Å². The molecule has 1 fully saturated rings. The maximum atomic E-state index is 8.75. The standard InChI is InChI=1S/C8H17NO/c1-8(6-9,4-5-10)7-2-3-7/h7,10H,2-6,9H2,1H3. The molecule has 2 nitrogen and oxygen atoms in total. The van der Waals surface area contributed by atoms with Gasteiger partial charge in [0.25, 0.3) is 0 Å². The van der Waals surface area contributed by atoms with Gasteiger partial charge in [-0.2, -0.15) is 0 Å². The Kier molecular flexibility index (Phi) is 2.32. The molecule has 0 aromatic heterocycles. The third kappa shape index (κ3) is 1.50. The minimum Gasteiger partial charge on any atom is -0.396 e. The Balaban J connectivity index is 2.39. The van der Waals surface area contributed by atoms with Crippen molar-refractivity contribution in [2.24, 2.45) is 17.1 Å². The second kappa shape index (κ2) is 2.89. The van der Waals surface area contributed by atoms with Crippen molar-refractivity contribution in [2.75, 3.05) is 13.2 Å². The van der Waals surface area contributed by atoms with Crippen LogP contribution in [0.2, 0.25) is 0 Å². The van der Waals surface area contributed by atoms with Gasteiger partial charge in [-0.15, -0.1) is 0 Å². The first-order valence-electron chi connectivity index (χ1n) is 4.04. The zero-order valence-electron chi connectivity index (χ0n) is 6.64. The fraction of sp³-hybridized carbons (Fsp3) is 1.00. The first-order valence-corrected chi connectivity index (χ1v) is 4.04. The van der Waals surface area contributed by atoms with E-state index in [1.54, 1.807) is 0 Å². The molecule has 1 atom stereocenters. The Bertz CT molecular complexity index is 112. The summed E-state index contributed by atoms with van der Waals surface area (Å²) in [6.45, 7) is 3.18. The van der Waals surface area contributed by atoms with E-state index in [9.17, 15) is 0 Å². The average Bonchev–Trinajstić information content (AvgIpc) is 2.69. The molecule has 1 rings (SSSR count). The van der Waals surface area contributed by atoms with Crippen molar-refractivity contribution >= 4 is 0 Å². The topological polar surface area (TPSA) is 46.2 Å². The summed E-state index contributed by atoms with van der Waals surface area (Å²) in [5.41, 5.74) is 5.85. The van der Waals surface area contributed by atoms with Crippen LogP contribution in [0.3, 0.4) is 0 Å². The second-order valence-electron chi connectivity index (χ2n) is 3.61. The lowest BCUT2D eigenvalue weighted by atomic mass is 9.82. The maximum absolute atomic E-state index is 8.75. The molecule has 0 aromatic carbocycles. The van der Waals surface area contributed by atoms with Gasteiger partial charge in [0.05, 0.1) is 0 Å². The largest absolute Gasteiger partial charge is 0.396 e. The lowest BCUT2D eigenvalue weighted by Gasteiger charge is -2.26. The molecule has 2 heteroatoms. The van der Waals surface area contributed by atoms with E-state index in [0.717, 1.165) is 18.9 Å². The van der Waals surface area contributed by atoms with Crippen LogP contribution in [0.15, 0.2) is 0 Å². The van der Waals surface area contributed by atoms with Crippen molar-refractivity contribution in [2.45, 2.75) is 26.2 Å². The Morgan fingerprint density at radius 3 is 2.50 bits per heavy atom. The molecule has 0 bridgehead atoms. The zero-order valence-corrected chi connectivity index (χ0v) is 6.64. The third-order valence-corrected chi connectivity index (χ3v) is 2.71. The molecule has 0 amide bonds. The van der Waals surface area contributed by atoms with Gasteiger partial charge in [0, 0.05) is 6.61 Å². The van der Waals surface area contributed by atoms with E-state index in [1.165, 1.54) is 12.8 Å². The molecule has 1 unspecified atom stereocenters. The molecular formula is C8H17NO. The van der Waals surface area contributed by atoms with E-state index in [0.29, 0.717) is 0 Å². The molecule has 0 saturated heterocycles. The van der Waals surface area contributed by atoms with Gasteiger partial charge in [-0.05, 0) is 37.1 Å². The number of aliphatic hydroxyl groups excluding tert-OH is 1. The van der Waals surface area contributed by atoms with E-state index in [1.807, 2.05) is 0 Å². The quantitative estimate of drug-likeness (QED) is 0.610. The van der Waals surface area contributed by atoms with E-state index in [-0.39, 0.29) is 12.0 Å². The predicted octanol–water partition coefficient (Wildman–Crippen LogP) is 0.744. The van der Waals surface area contributed by atoms with Gasteiger partial charge in [-0.3, -0.25) is 0 Å². The molecule has 60 valence electrons. The van der Waals surface area contributed by atoms with Crippen LogP contribution in [0.25, 0.3) is 0 Å². The van der Waals surface area contributed by atoms with Crippen LogP contribution in [-0.2, 0) is 0 Å². The Morgan fingerprint density at radius 2 is 2.20 bits per heavy atom. The van der Waals surface area contributed by atoms with Crippen LogP contribution < -0.4 is 5.73 Å². The van der Waals surface area contributed by atoms with Crippen molar-refractivity contribution in [1.82, 2.24) is 0 Å². The van der Waals surface area contributed by atoms with Crippen molar-refractivity contribution in [3.05, 3.63) is 0 Å². The Morgan fingerprint density at radius 1 is 1.60 bits per heavy atom. The van der Waals surface area contributed by atoms with Gasteiger partial charge in [0.15, 0.2) is 0 Å². The molecule has 1 aliphatic rings. The minimum atomic E-state index is 0.231. The fourth-order valence-corrected chi connectivity index (χ4v) is 1.51. The van der Waals surface area contributed by atoms with Crippen LogP contribution >= 0.6 is 0 Å². The van der Waals surface area contributed by atoms with Gasteiger partial charge in [-0.1, -0.05) is 6.92 Å². The normalized spacial score (nSPS) is 24.3. The molecule has 1 aliphatic carbocycles. The van der Waals surface area contributed by atoms with Gasteiger partial charge >= 0.3 is 0 Å². The lowest BCUT2D eigenvalue weighted by molar-refractivity contribution is 0.180. The third-order valence-electron chi connectivity index (χ3n) is 2.71. The van der Waals surface area contributed by atoms with E-state index >= 15 is 0 Å². The molecule has 0 radical (unpaired) electrons. The Labute approximate surface area is 62.4 Å². The number of hydrogen-bond donors (Lipinski definition) is 2. The van der Waals surface area contributed by atoms with Gasteiger partial charge in [-0.25, -0.2) is 0 Å². The molecule has 10 heavy (non-hydrogen) atoms. The maximum Gasteiger partial charge on any atom is 0.0436 e. The SMILES string of the molecule is CC(CN)(CCO)C1CC1. The summed E-state index contributed by atoms with van der Waals surface area (Å²) in [6.07, 6.45) is 3.50. The van der Waals surface area contributed by atoms with Gasteiger partial charge in [0.1, 0.15) is 0 Å². The van der Waals surface area contributed by atoms with Crippen LogP contribution in [-0.4, -0.2) is 18.3 Å². The summed E-state index contributed by atoms with van der Waals surface area (Å²) in [5, 5.41) is 8.75. The molecule has 0 heterocycles. The highest BCUT2D eigenvalue weighted by molar-refractivity contribution is 4.91. The van der Waals surface area contributed by atoms with E-state index in [2.05, 4.69) is 6.92 Å². The van der Waals surface area contributed by atoms with Gasteiger partial charge in [0.2, 0.25) is 0 Å². The highest BCUT2D eigenvalue weighted by Crippen LogP contribution is 2.46. The number of aliphatic hydroxyl groups is 1. The molecule has 0 spiro atoms. The first-order chi connectivity index (χ1) is 4.73. The molecule has 0 aliphatic heterocycles. The number of rotatable bonds is 4. The number of nitrogens with two attached hydrogens (primary N) is 1.